The molecule has 7 nitrogen and oxygen atoms in total. The third kappa shape index (κ3) is 2.85. The molecule has 1 aliphatic rings. The molecule has 28 heavy (non-hydrogen) atoms. The lowest BCUT2D eigenvalue weighted by molar-refractivity contribution is 0.0985. The Morgan fingerprint density at radius 1 is 1.25 bits per heavy atom. The average Bonchev–Trinajstić information content (AvgIpc) is 3.05. The Morgan fingerprint density at radius 3 is 2.61 bits per heavy atom. The van der Waals surface area contributed by atoms with Crippen molar-refractivity contribution in [3.05, 3.63) is 75.8 Å². The Bertz CT molecular complexity index is 1120. The maximum absolute atomic E-state index is 14.5. The Kier molecular flexibility index (Phi) is 4.40. The van der Waals surface area contributed by atoms with Crippen LogP contribution in [-0.4, -0.2) is 33.5 Å². The second kappa shape index (κ2) is 6.77. The second-order valence-corrected chi connectivity index (χ2v) is 6.33. The zero-order valence-corrected chi connectivity index (χ0v) is 15.1. The second-order valence-electron chi connectivity index (χ2n) is 5.89. The number of carbonyl (C=O) groups is 1. The number of methoxy groups -OCH3 is 1. The first kappa shape index (κ1) is 18.2. The van der Waals surface area contributed by atoms with E-state index in [2.05, 4.69) is 15.1 Å². The van der Waals surface area contributed by atoms with Crippen LogP contribution < -0.4 is 5.73 Å². The highest BCUT2D eigenvalue weighted by atomic mass is 35.5. The summed E-state index contributed by atoms with van der Waals surface area (Å²) in [6.45, 7) is 0. The molecular formula is C18H12ClF2N5O2. The van der Waals surface area contributed by atoms with E-state index in [1.165, 1.54) is 23.9 Å². The highest BCUT2D eigenvalue weighted by Gasteiger charge is 2.31. The van der Waals surface area contributed by atoms with Gasteiger partial charge in [-0.05, 0) is 30.3 Å². The number of hydrogen-bond acceptors (Lipinski definition) is 5. The quantitative estimate of drug-likeness (QED) is 0.727. The Hall–Kier alpha value is -3.17. The molecule has 2 N–H and O–H groups in total. The molecule has 0 aliphatic carbocycles. The molecule has 1 amide bonds. The zero-order chi connectivity index (χ0) is 20.0. The maximum Gasteiger partial charge on any atom is 0.288 e. The van der Waals surface area contributed by atoms with Crippen molar-refractivity contribution in [2.24, 2.45) is 10.7 Å². The van der Waals surface area contributed by atoms with Crippen LogP contribution in [0.2, 0.25) is 5.02 Å². The molecular weight excluding hydrogens is 392 g/mol. The summed E-state index contributed by atoms with van der Waals surface area (Å²) < 4.78 is 35.7. The summed E-state index contributed by atoms with van der Waals surface area (Å²) in [6.07, 6.45) is -1.10. The van der Waals surface area contributed by atoms with Crippen LogP contribution in [-0.2, 0) is 4.74 Å². The molecule has 3 aromatic rings. The van der Waals surface area contributed by atoms with Gasteiger partial charge >= 0.3 is 0 Å². The highest BCUT2D eigenvalue weighted by molar-refractivity contribution is 6.31. The van der Waals surface area contributed by atoms with Crippen molar-refractivity contribution < 1.29 is 18.3 Å². The van der Waals surface area contributed by atoms with Crippen LogP contribution in [0.1, 0.15) is 33.8 Å². The fourth-order valence-corrected chi connectivity index (χ4v) is 3.15. The summed E-state index contributed by atoms with van der Waals surface area (Å²) in [5.74, 6) is -2.55. The van der Waals surface area contributed by atoms with Gasteiger partial charge in [-0.15, -0.1) is 5.10 Å². The van der Waals surface area contributed by atoms with E-state index >= 15 is 0 Å². The van der Waals surface area contributed by atoms with Crippen LogP contribution in [0.5, 0.6) is 0 Å². The highest BCUT2D eigenvalue weighted by Crippen LogP contribution is 2.32. The lowest BCUT2D eigenvalue weighted by atomic mass is 9.99. The Morgan fingerprint density at radius 2 is 1.96 bits per heavy atom. The topological polar surface area (TPSA) is 95.4 Å². The molecule has 0 saturated heterocycles. The van der Waals surface area contributed by atoms with Crippen LogP contribution >= 0.6 is 11.6 Å². The van der Waals surface area contributed by atoms with Gasteiger partial charge < -0.3 is 10.5 Å². The SMILES string of the molecule is COC1N=C(c2c(F)cccc2F)c2cc(Cl)ccc2-n2nc(C(N)=O)nc21. The number of nitrogens with two attached hydrogens (primary N) is 1. The van der Waals surface area contributed by atoms with Crippen molar-refractivity contribution in [1.29, 1.82) is 0 Å². The Labute approximate surface area is 162 Å². The fourth-order valence-electron chi connectivity index (χ4n) is 2.97. The van der Waals surface area contributed by atoms with E-state index in [9.17, 15) is 13.6 Å². The number of ether oxygens (including phenoxy) is 1. The summed E-state index contributed by atoms with van der Waals surface area (Å²) >= 11 is 6.12. The number of hydrogen-bond donors (Lipinski definition) is 1. The minimum atomic E-state index is -1.10. The molecule has 0 radical (unpaired) electrons. The summed E-state index contributed by atoms with van der Waals surface area (Å²) in [5, 5.41) is 4.42. The zero-order valence-electron chi connectivity index (χ0n) is 14.4. The van der Waals surface area contributed by atoms with Crippen LogP contribution in [0.4, 0.5) is 8.78 Å². The number of nitrogens with zero attached hydrogens (tertiary/aromatic N) is 4. The maximum atomic E-state index is 14.5. The molecule has 0 saturated carbocycles. The average molecular weight is 404 g/mol. The number of amides is 1. The molecule has 1 aromatic heterocycles. The van der Waals surface area contributed by atoms with Gasteiger partial charge in [0.1, 0.15) is 11.6 Å². The van der Waals surface area contributed by atoms with E-state index < -0.39 is 23.8 Å². The Balaban J connectivity index is 2.07. The van der Waals surface area contributed by atoms with Crippen LogP contribution in [0, 0.1) is 11.6 Å². The van der Waals surface area contributed by atoms with Gasteiger partial charge in [-0.1, -0.05) is 17.7 Å². The predicted molar refractivity (Wildman–Crippen MR) is 96.6 cm³/mol. The number of rotatable bonds is 3. The monoisotopic (exact) mass is 403 g/mol. The van der Waals surface area contributed by atoms with Crippen molar-refractivity contribution in [2.75, 3.05) is 7.11 Å². The molecule has 0 spiro atoms. The summed E-state index contributed by atoms with van der Waals surface area (Å²) in [5.41, 5.74) is 5.57. The summed E-state index contributed by atoms with van der Waals surface area (Å²) in [7, 11) is 1.34. The number of aromatic nitrogens is 3. The van der Waals surface area contributed by atoms with Crippen molar-refractivity contribution in [1.82, 2.24) is 14.8 Å². The normalized spacial score (nSPS) is 15.4. The molecule has 10 heteroatoms. The first-order chi connectivity index (χ1) is 13.4. The van der Waals surface area contributed by atoms with Gasteiger partial charge in [-0.25, -0.2) is 23.4 Å². The first-order valence-corrected chi connectivity index (χ1v) is 8.40. The molecule has 4 rings (SSSR count). The van der Waals surface area contributed by atoms with E-state index in [4.69, 9.17) is 22.1 Å². The van der Waals surface area contributed by atoms with Crippen molar-refractivity contribution in [3.63, 3.8) is 0 Å². The lowest BCUT2D eigenvalue weighted by Gasteiger charge is -2.12. The van der Waals surface area contributed by atoms with Gasteiger partial charge in [0, 0.05) is 17.7 Å². The summed E-state index contributed by atoms with van der Waals surface area (Å²) in [4.78, 5) is 20.0. The molecule has 1 aliphatic heterocycles. The van der Waals surface area contributed by atoms with Gasteiger partial charge in [0.05, 0.1) is 17.0 Å². The smallest absolute Gasteiger partial charge is 0.288 e. The van der Waals surface area contributed by atoms with Crippen LogP contribution in [0.15, 0.2) is 41.4 Å². The third-order valence-corrected chi connectivity index (χ3v) is 4.42. The molecule has 2 aromatic carbocycles. The number of halogens is 3. The molecule has 0 fully saturated rings. The lowest BCUT2D eigenvalue weighted by Crippen LogP contribution is -2.15. The van der Waals surface area contributed by atoms with E-state index in [1.54, 1.807) is 12.1 Å². The number of primary amides is 1. The van der Waals surface area contributed by atoms with E-state index in [0.717, 1.165) is 12.1 Å². The minimum Gasteiger partial charge on any atom is -0.363 e. The van der Waals surface area contributed by atoms with Gasteiger partial charge in [0.15, 0.2) is 5.82 Å². The van der Waals surface area contributed by atoms with Crippen LogP contribution in [0.3, 0.4) is 0 Å². The van der Waals surface area contributed by atoms with E-state index in [-0.39, 0.29) is 22.9 Å². The number of fused-ring (bicyclic) bond motifs is 3. The van der Waals surface area contributed by atoms with E-state index in [0.29, 0.717) is 16.3 Å². The molecule has 1 atom stereocenters. The molecule has 142 valence electrons. The molecule has 2 heterocycles. The first-order valence-electron chi connectivity index (χ1n) is 8.02. The number of aliphatic imine (C=N–C) groups is 1. The van der Waals surface area contributed by atoms with Crippen molar-refractivity contribution >= 4 is 23.2 Å². The van der Waals surface area contributed by atoms with Crippen molar-refractivity contribution in [2.45, 2.75) is 6.23 Å². The summed E-state index contributed by atoms with van der Waals surface area (Å²) in [6, 6.07) is 8.14. The fraction of sp³-hybridized carbons (Fsp3) is 0.111. The van der Waals surface area contributed by atoms with Crippen LogP contribution in [0.25, 0.3) is 5.69 Å². The van der Waals surface area contributed by atoms with Crippen molar-refractivity contribution in [3.8, 4) is 5.69 Å². The van der Waals surface area contributed by atoms with Gasteiger partial charge in [-0.2, -0.15) is 0 Å². The predicted octanol–water partition coefficient (Wildman–Crippen LogP) is 2.79. The van der Waals surface area contributed by atoms with Gasteiger partial charge in [-0.3, -0.25) is 4.79 Å². The van der Waals surface area contributed by atoms with Gasteiger partial charge in [0.25, 0.3) is 5.91 Å². The molecule has 0 bridgehead atoms. The number of benzene rings is 2. The van der Waals surface area contributed by atoms with E-state index in [1.807, 2.05) is 0 Å². The standard InChI is InChI=1S/C18H12ClF2N5O2/c1-28-18-17-24-16(15(22)27)25-26(17)12-6-5-8(19)7-9(12)14(23-18)13-10(20)3-2-4-11(13)21/h2-7,18H,1H3,(H2,22,27). The minimum absolute atomic E-state index is 0.0205. The third-order valence-electron chi connectivity index (χ3n) is 4.18. The van der Waals surface area contributed by atoms with Gasteiger partial charge in [0.2, 0.25) is 12.1 Å². The largest absolute Gasteiger partial charge is 0.363 e. The molecule has 1 unspecified atom stereocenters. The number of carbonyl (C=O) groups excluding carboxylic acids is 1.